The van der Waals surface area contributed by atoms with E-state index in [1.807, 2.05) is 6.20 Å². The molecular formula is C40H36N4Si. The number of para-hydroxylation sites is 3. The molecule has 3 heterocycles. The molecule has 4 nitrogen and oxygen atoms in total. The van der Waals surface area contributed by atoms with Gasteiger partial charge in [-0.1, -0.05) is 102 Å². The van der Waals surface area contributed by atoms with Crippen LogP contribution in [0.15, 0.2) is 134 Å². The second-order valence-corrected chi connectivity index (χ2v) is 17.1. The summed E-state index contributed by atoms with van der Waals surface area (Å²) < 4.78 is 2.36. The summed E-state index contributed by atoms with van der Waals surface area (Å²) in [5, 5.41) is 5.34. The molecule has 2 aromatic heterocycles. The van der Waals surface area contributed by atoms with E-state index in [0.717, 1.165) is 12.5 Å². The fourth-order valence-corrected chi connectivity index (χ4v) is 9.39. The number of hydrogen-bond donors (Lipinski definition) is 0. The molecule has 0 aliphatic carbocycles. The molecule has 1 aliphatic rings. The maximum Gasteiger partial charge on any atom is 0.138 e. The van der Waals surface area contributed by atoms with Crippen LogP contribution < -0.4 is 20.2 Å². The third kappa shape index (κ3) is 4.46. The summed E-state index contributed by atoms with van der Waals surface area (Å²) in [6, 6.07) is 46.7. The number of hydrogen-bond acceptors (Lipinski definition) is 3. The van der Waals surface area contributed by atoms with Crippen molar-refractivity contribution in [3.05, 3.63) is 139 Å². The summed E-state index contributed by atoms with van der Waals surface area (Å²) in [4.78, 5) is 9.68. The molecule has 0 atom stereocenters. The first-order valence-electron chi connectivity index (χ1n) is 15.6. The van der Waals surface area contributed by atoms with Crippen LogP contribution in [-0.4, -0.2) is 31.3 Å². The van der Waals surface area contributed by atoms with Gasteiger partial charge in [-0.2, -0.15) is 0 Å². The fourth-order valence-electron chi connectivity index (χ4n) is 7.04. The van der Waals surface area contributed by atoms with E-state index in [9.17, 15) is 0 Å². The minimum Gasteiger partial charge on any atom is -0.355 e. The van der Waals surface area contributed by atoms with Crippen molar-refractivity contribution in [1.29, 1.82) is 0 Å². The number of benzene rings is 5. The van der Waals surface area contributed by atoms with Crippen LogP contribution in [0, 0.1) is 6.92 Å². The predicted octanol–water partition coefficient (Wildman–Crippen LogP) is 8.52. The third-order valence-corrected chi connectivity index (χ3v) is 13.2. The van der Waals surface area contributed by atoms with E-state index < -0.39 is 8.07 Å². The first-order chi connectivity index (χ1) is 21.9. The van der Waals surface area contributed by atoms with Crippen LogP contribution in [0.1, 0.15) is 5.56 Å². The molecule has 0 N–H and O–H groups in total. The molecule has 8 rings (SSSR count). The summed E-state index contributed by atoms with van der Waals surface area (Å²) in [5.74, 6) is 0.942. The van der Waals surface area contributed by atoms with Gasteiger partial charge in [0.15, 0.2) is 0 Å². The van der Waals surface area contributed by atoms with Crippen molar-refractivity contribution < 1.29 is 0 Å². The Morgan fingerprint density at radius 2 is 1.38 bits per heavy atom. The molecule has 0 fully saturated rings. The van der Waals surface area contributed by atoms with Crippen LogP contribution in [0.2, 0.25) is 13.1 Å². The number of pyridine rings is 1. The first-order valence-corrected chi connectivity index (χ1v) is 18.6. The van der Waals surface area contributed by atoms with Gasteiger partial charge in [0.05, 0.1) is 29.1 Å². The molecule has 0 saturated carbocycles. The largest absolute Gasteiger partial charge is 0.355 e. The maximum atomic E-state index is 4.93. The smallest absolute Gasteiger partial charge is 0.138 e. The quantitative estimate of drug-likeness (QED) is 0.185. The van der Waals surface area contributed by atoms with Crippen molar-refractivity contribution in [3.8, 4) is 16.9 Å². The van der Waals surface area contributed by atoms with Crippen molar-refractivity contribution in [2.75, 3.05) is 23.5 Å². The summed E-state index contributed by atoms with van der Waals surface area (Å²) >= 11 is 0. The van der Waals surface area contributed by atoms with Gasteiger partial charge < -0.3 is 9.80 Å². The highest BCUT2D eigenvalue weighted by Crippen LogP contribution is 2.39. The van der Waals surface area contributed by atoms with Gasteiger partial charge >= 0.3 is 0 Å². The van der Waals surface area contributed by atoms with Crippen molar-refractivity contribution in [2.24, 2.45) is 0 Å². The first kappa shape index (κ1) is 27.4. The Morgan fingerprint density at radius 1 is 0.644 bits per heavy atom. The van der Waals surface area contributed by atoms with Crippen molar-refractivity contribution in [2.45, 2.75) is 20.0 Å². The van der Waals surface area contributed by atoms with Crippen molar-refractivity contribution in [1.82, 2.24) is 9.55 Å². The predicted molar refractivity (Wildman–Crippen MR) is 194 cm³/mol. The van der Waals surface area contributed by atoms with Crippen molar-refractivity contribution >= 4 is 57.3 Å². The van der Waals surface area contributed by atoms with Crippen LogP contribution in [0.3, 0.4) is 0 Å². The Labute approximate surface area is 265 Å². The minimum atomic E-state index is -2.08. The summed E-state index contributed by atoms with van der Waals surface area (Å²) in [7, 11) is 0.0864. The molecule has 220 valence electrons. The lowest BCUT2D eigenvalue weighted by atomic mass is 10.0. The molecule has 0 saturated heterocycles. The number of aromatic nitrogens is 2. The molecule has 0 bridgehead atoms. The van der Waals surface area contributed by atoms with Crippen molar-refractivity contribution in [3.63, 3.8) is 0 Å². The molecule has 0 unspecified atom stereocenters. The van der Waals surface area contributed by atoms with E-state index in [-0.39, 0.29) is 0 Å². The molecule has 7 aromatic rings. The van der Waals surface area contributed by atoms with E-state index in [4.69, 9.17) is 4.98 Å². The highest BCUT2D eigenvalue weighted by atomic mass is 28.3. The monoisotopic (exact) mass is 600 g/mol. The summed E-state index contributed by atoms with van der Waals surface area (Å²) in [5.41, 5.74) is 9.85. The Bertz CT molecular complexity index is 2230. The van der Waals surface area contributed by atoms with Gasteiger partial charge in [0.2, 0.25) is 0 Å². The lowest BCUT2D eigenvalue weighted by Crippen LogP contribution is -2.53. The average Bonchev–Trinajstić information content (AvgIpc) is 3.59. The summed E-state index contributed by atoms with van der Waals surface area (Å²) in [6.07, 6.45) is 1.94. The van der Waals surface area contributed by atoms with Crippen LogP contribution in [0.5, 0.6) is 0 Å². The molecule has 5 aromatic carbocycles. The minimum absolute atomic E-state index is 0.853. The SMILES string of the molecule is Cc1ccccc1-c1ccnc(-n2c3ccccc3c3ccc([Si](C)(C)c4cccc(N5CN(C)c6ccccc65)c4)cc32)c1. The molecule has 0 amide bonds. The number of aryl methyl sites for hydroxylation is 1. The van der Waals surface area contributed by atoms with E-state index in [1.165, 1.54) is 65.9 Å². The number of fused-ring (bicyclic) bond motifs is 4. The topological polar surface area (TPSA) is 24.3 Å². The highest BCUT2D eigenvalue weighted by molar-refractivity contribution is 7.00. The van der Waals surface area contributed by atoms with Gasteiger partial charge in [0.1, 0.15) is 13.9 Å². The number of anilines is 3. The van der Waals surface area contributed by atoms with E-state index in [0.29, 0.717) is 0 Å². The molecule has 0 radical (unpaired) electrons. The standard InChI is InChI=1S/C40H36N4Si/c1-28-12-5-6-15-33(28)29-22-23-41-40(24-29)44-36-17-8-7-16-34(36)35-21-20-32(26-39(35)44)45(3,4)31-14-11-13-30(25-31)43-27-42(2)37-18-9-10-19-38(37)43/h5-26H,27H2,1-4H3. The fraction of sp³-hybridized carbons (Fsp3) is 0.125. The zero-order valence-electron chi connectivity index (χ0n) is 26.2. The zero-order chi connectivity index (χ0) is 30.7. The van der Waals surface area contributed by atoms with Gasteiger partial charge in [-0.05, 0) is 72.1 Å². The average molecular weight is 601 g/mol. The Hall–Kier alpha value is -5.13. The van der Waals surface area contributed by atoms with Gasteiger partial charge in [0.25, 0.3) is 0 Å². The molecule has 5 heteroatoms. The van der Waals surface area contributed by atoms with Gasteiger partial charge in [-0.3, -0.25) is 4.57 Å². The maximum absolute atomic E-state index is 4.93. The Morgan fingerprint density at radius 3 is 2.24 bits per heavy atom. The molecular weight excluding hydrogens is 565 g/mol. The number of rotatable bonds is 5. The van der Waals surface area contributed by atoms with Gasteiger partial charge in [-0.15, -0.1) is 0 Å². The second kappa shape index (κ2) is 10.5. The normalized spacial score (nSPS) is 13.2. The van der Waals surface area contributed by atoms with Crippen LogP contribution >= 0.6 is 0 Å². The van der Waals surface area contributed by atoms with Crippen LogP contribution in [-0.2, 0) is 0 Å². The highest BCUT2D eigenvalue weighted by Gasteiger charge is 2.30. The lowest BCUT2D eigenvalue weighted by molar-refractivity contribution is 0.950. The van der Waals surface area contributed by atoms with Crippen LogP contribution in [0.25, 0.3) is 38.8 Å². The third-order valence-electron chi connectivity index (χ3n) is 9.64. The van der Waals surface area contributed by atoms with Crippen LogP contribution in [0.4, 0.5) is 17.1 Å². The van der Waals surface area contributed by atoms with Gasteiger partial charge in [0, 0.05) is 29.7 Å². The summed E-state index contributed by atoms with van der Waals surface area (Å²) in [6.45, 7) is 7.97. The lowest BCUT2D eigenvalue weighted by Gasteiger charge is -2.27. The van der Waals surface area contributed by atoms with Gasteiger partial charge in [-0.25, -0.2) is 4.98 Å². The molecule has 1 aliphatic heterocycles. The Balaban J connectivity index is 1.25. The zero-order valence-corrected chi connectivity index (χ0v) is 27.2. The Kier molecular flexibility index (Phi) is 6.40. The van der Waals surface area contributed by atoms with E-state index in [1.54, 1.807) is 0 Å². The number of nitrogens with zero attached hydrogens (tertiary/aromatic N) is 4. The second-order valence-electron chi connectivity index (χ2n) is 12.7. The molecule has 45 heavy (non-hydrogen) atoms. The molecule has 0 spiro atoms. The van der Waals surface area contributed by atoms with E-state index in [2.05, 4.69) is 169 Å². The van der Waals surface area contributed by atoms with E-state index >= 15 is 0 Å².